The fourth-order valence-corrected chi connectivity index (χ4v) is 4.19. The van der Waals surface area contributed by atoms with E-state index in [4.69, 9.17) is 14.2 Å². The third-order valence-electron chi connectivity index (χ3n) is 6.21. The number of ether oxygens (including phenoxy) is 3. The van der Waals surface area contributed by atoms with Gasteiger partial charge < -0.3 is 24.8 Å². The van der Waals surface area contributed by atoms with Gasteiger partial charge in [-0.3, -0.25) is 4.79 Å². The molecule has 0 atom stereocenters. The fraction of sp³-hybridized carbons (Fsp3) is 0.321. The molecule has 5 rings (SSSR count). The van der Waals surface area contributed by atoms with Gasteiger partial charge in [0.1, 0.15) is 11.4 Å². The number of fused-ring (bicyclic) bond motifs is 1. The van der Waals surface area contributed by atoms with Crippen molar-refractivity contribution < 1.29 is 25.2 Å². The molecule has 1 aromatic heterocycles. The monoisotopic (exact) mass is 489 g/mol. The highest BCUT2D eigenvalue weighted by Crippen LogP contribution is 2.51. The summed E-state index contributed by atoms with van der Waals surface area (Å²) in [6.45, 7) is 6.04. The maximum Gasteiger partial charge on any atom is 0.407 e. The Kier molecular flexibility index (Phi) is 6.04. The lowest BCUT2D eigenvalue weighted by Gasteiger charge is -2.19. The number of amides is 2. The second-order valence-corrected chi connectivity index (χ2v) is 10.1. The van der Waals surface area contributed by atoms with Crippen LogP contribution >= 0.6 is 0 Å². The van der Waals surface area contributed by atoms with Gasteiger partial charge >= 0.3 is 6.09 Å². The first-order chi connectivity index (χ1) is 17.2. The molecule has 0 saturated heterocycles. The average molecular weight is 490 g/mol. The zero-order chi connectivity index (χ0) is 25.3. The number of pyridine rings is 1. The molecule has 0 unspecified atom stereocenters. The van der Waals surface area contributed by atoms with Crippen LogP contribution in [0.5, 0.6) is 11.5 Å². The van der Waals surface area contributed by atoms with E-state index in [9.17, 15) is 9.59 Å². The van der Waals surface area contributed by atoms with Crippen molar-refractivity contribution in [3.05, 3.63) is 71.9 Å². The van der Waals surface area contributed by atoms with Crippen molar-refractivity contribution >= 4 is 17.8 Å². The lowest BCUT2D eigenvalue weighted by atomic mass is 9.94. The zero-order valence-corrected chi connectivity index (χ0v) is 20.6. The van der Waals surface area contributed by atoms with Crippen molar-refractivity contribution in [2.75, 3.05) is 12.1 Å². The summed E-state index contributed by atoms with van der Waals surface area (Å²) in [6, 6.07) is 17.2. The summed E-state index contributed by atoms with van der Waals surface area (Å²) in [6.07, 6.45) is 2.83. The van der Waals surface area contributed by atoms with E-state index < -0.39 is 17.1 Å². The van der Waals surface area contributed by atoms with Crippen LogP contribution in [0.1, 0.15) is 46.2 Å². The number of rotatable bonds is 6. The van der Waals surface area contributed by atoms with E-state index >= 15 is 0 Å². The summed E-state index contributed by atoms with van der Waals surface area (Å²) in [5.74, 6) is 1.81. The normalized spacial score (nSPS) is 15.2. The van der Waals surface area contributed by atoms with Gasteiger partial charge in [0.25, 0.3) is 0 Å². The standard InChI is InChI=1S/C28H29N3O5.H2/c1-27(2,3)36-26(33)30-15-18-5-4-6-19(13-18)20-7-10-24(29-16-20)31-25(32)28(11-12-28)21-8-9-22-23(14-21)35-17-34-22;/h4-10,13-14,16H,11-12,15,17H2,1-3H3,(H,30,33)(H,29,31,32);1H. The Balaban J connectivity index is 0.00000320. The Labute approximate surface area is 211 Å². The van der Waals surface area contributed by atoms with Crippen molar-refractivity contribution in [3.8, 4) is 22.6 Å². The number of benzene rings is 2. The molecule has 8 nitrogen and oxygen atoms in total. The maximum atomic E-state index is 13.1. The second kappa shape index (κ2) is 9.18. The molecule has 2 N–H and O–H groups in total. The molecule has 1 aliphatic carbocycles. The topological polar surface area (TPSA) is 98.8 Å². The number of aromatic nitrogens is 1. The van der Waals surface area contributed by atoms with E-state index in [-0.39, 0.29) is 14.1 Å². The second-order valence-electron chi connectivity index (χ2n) is 10.1. The number of carbonyl (C=O) groups is 2. The highest BCUT2D eigenvalue weighted by Gasteiger charge is 2.51. The quantitative estimate of drug-likeness (QED) is 0.480. The van der Waals surface area contributed by atoms with Crippen molar-refractivity contribution in [2.45, 2.75) is 51.2 Å². The minimum atomic E-state index is -0.559. The largest absolute Gasteiger partial charge is 0.454 e. The van der Waals surface area contributed by atoms with E-state index in [2.05, 4.69) is 15.6 Å². The van der Waals surface area contributed by atoms with Crippen LogP contribution in [-0.4, -0.2) is 29.4 Å². The third kappa shape index (κ3) is 5.12. The molecule has 188 valence electrons. The molecule has 2 heterocycles. The number of carbonyl (C=O) groups excluding carboxylic acids is 2. The first-order valence-corrected chi connectivity index (χ1v) is 12.0. The van der Waals surface area contributed by atoms with Crippen LogP contribution in [0.4, 0.5) is 10.6 Å². The summed E-state index contributed by atoms with van der Waals surface area (Å²) in [7, 11) is 0. The summed E-state index contributed by atoms with van der Waals surface area (Å²) in [4.78, 5) is 29.5. The summed E-state index contributed by atoms with van der Waals surface area (Å²) in [5, 5.41) is 5.74. The molecule has 1 fully saturated rings. The van der Waals surface area contributed by atoms with E-state index in [1.165, 1.54) is 0 Å². The number of anilines is 1. The SMILES string of the molecule is CC(C)(C)OC(=O)NCc1cccc(-c2ccc(NC(=O)C3(c4ccc5c(c4)OCO5)CC3)nc2)c1.[HH]. The lowest BCUT2D eigenvalue weighted by molar-refractivity contribution is -0.118. The van der Waals surface area contributed by atoms with Crippen LogP contribution in [0.2, 0.25) is 0 Å². The molecule has 0 radical (unpaired) electrons. The number of alkyl carbamates (subject to hydrolysis) is 1. The number of nitrogens with zero attached hydrogens (tertiary/aromatic N) is 1. The van der Waals surface area contributed by atoms with Crippen LogP contribution in [0.15, 0.2) is 60.8 Å². The molecule has 0 spiro atoms. The van der Waals surface area contributed by atoms with Gasteiger partial charge in [-0.2, -0.15) is 0 Å². The van der Waals surface area contributed by atoms with Gasteiger partial charge in [0, 0.05) is 19.7 Å². The molecule has 2 aromatic carbocycles. The van der Waals surface area contributed by atoms with Gasteiger partial charge in [-0.15, -0.1) is 0 Å². The predicted molar refractivity (Wildman–Crippen MR) is 137 cm³/mol. The van der Waals surface area contributed by atoms with Gasteiger partial charge in [0.2, 0.25) is 12.7 Å². The van der Waals surface area contributed by atoms with Crippen molar-refractivity contribution in [3.63, 3.8) is 0 Å². The molecule has 3 aromatic rings. The minimum absolute atomic E-state index is 0. The minimum Gasteiger partial charge on any atom is -0.454 e. The summed E-state index contributed by atoms with van der Waals surface area (Å²) < 4.78 is 16.1. The molecule has 2 aliphatic rings. The van der Waals surface area contributed by atoms with Crippen LogP contribution < -0.4 is 20.1 Å². The first-order valence-electron chi connectivity index (χ1n) is 12.0. The smallest absolute Gasteiger partial charge is 0.407 e. The third-order valence-corrected chi connectivity index (χ3v) is 6.21. The van der Waals surface area contributed by atoms with Crippen LogP contribution in [0.3, 0.4) is 0 Å². The van der Waals surface area contributed by atoms with Crippen molar-refractivity contribution in [1.82, 2.24) is 10.3 Å². The molecule has 36 heavy (non-hydrogen) atoms. The molecule has 0 bridgehead atoms. The highest BCUT2D eigenvalue weighted by molar-refractivity contribution is 6.01. The van der Waals surface area contributed by atoms with Crippen molar-refractivity contribution in [2.24, 2.45) is 0 Å². The van der Waals surface area contributed by atoms with Gasteiger partial charge in [0.15, 0.2) is 11.5 Å². The van der Waals surface area contributed by atoms with Crippen LogP contribution in [-0.2, 0) is 21.5 Å². The van der Waals surface area contributed by atoms with E-state index in [0.29, 0.717) is 23.9 Å². The molecule has 1 aliphatic heterocycles. The molecular formula is C28H31N3O5. The van der Waals surface area contributed by atoms with Gasteiger partial charge in [-0.05, 0) is 80.6 Å². The fourth-order valence-electron chi connectivity index (χ4n) is 4.19. The molecule has 1 saturated carbocycles. The predicted octanol–water partition coefficient (Wildman–Crippen LogP) is 5.42. The molecular weight excluding hydrogens is 458 g/mol. The Bertz CT molecular complexity index is 1300. The lowest BCUT2D eigenvalue weighted by Crippen LogP contribution is -2.32. The average Bonchev–Trinajstić information content (AvgIpc) is 3.53. The number of hydrogen-bond donors (Lipinski definition) is 2. The van der Waals surface area contributed by atoms with Gasteiger partial charge in [-0.25, -0.2) is 9.78 Å². The van der Waals surface area contributed by atoms with E-state index in [0.717, 1.165) is 35.1 Å². The zero-order valence-electron chi connectivity index (χ0n) is 20.6. The molecule has 8 heteroatoms. The molecule has 2 amide bonds. The maximum absolute atomic E-state index is 13.1. The van der Waals surface area contributed by atoms with E-state index in [1.807, 2.05) is 69.3 Å². The summed E-state index contributed by atoms with van der Waals surface area (Å²) in [5.41, 5.74) is 2.63. The number of hydrogen-bond acceptors (Lipinski definition) is 6. The van der Waals surface area contributed by atoms with Crippen LogP contribution in [0, 0.1) is 0 Å². The van der Waals surface area contributed by atoms with Crippen LogP contribution in [0.25, 0.3) is 11.1 Å². The Morgan fingerprint density at radius 2 is 1.83 bits per heavy atom. The Hall–Kier alpha value is -4.07. The van der Waals surface area contributed by atoms with Gasteiger partial charge in [0.05, 0.1) is 5.41 Å². The van der Waals surface area contributed by atoms with Gasteiger partial charge in [-0.1, -0.05) is 24.3 Å². The Morgan fingerprint density at radius 3 is 2.56 bits per heavy atom. The Morgan fingerprint density at radius 1 is 1.03 bits per heavy atom. The number of nitrogens with one attached hydrogen (secondary N) is 2. The van der Waals surface area contributed by atoms with Crippen molar-refractivity contribution in [1.29, 1.82) is 0 Å². The summed E-state index contributed by atoms with van der Waals surface area (Å²) >= 11 is 0. The highest BCUT2D eigenvalue weighted by atomic mass is 16.7. The van der Waals surface area contributed by atoms with E-state index in [1.54, 1.807) is 12.3 Å². The first kappa shape index (κ1) is 23.7.